The van der Waals surface area contributed by atoms with Crippen LogP contribution in [0.2, 0.25) is 0 Å². The molecule has 0 bridgehead atoms. The third-order valence-corrected chi connectivity index (χ3v) is 5.43. The Hall–Kier alpha value is -2.48. The van der Waals surface area contributed by atoms with E-state index in [4.69, 9.17) is 5.73 Å². The lowest BCUT2D eigenvalue weighted by Gasteiger charge is -2.16. The van der Waals surface area contributed by atoms with E-state index >= 15 is 0 Å². The molecule has 1 aliphatic heterocycles. The summed E-state index contributed by atoms with van der Waals surface area (Å²) < 4.78 is 69.5. The van der Waals surface area contributed by atoms with Crippen LogP contribution in [0.4, 0.5) is 22.0 Å². The molecule has 2 N–H and O–H groups in total. The van der Waals surface area contributed by atoms with E-state index < -0.39 is 53.7 Å². The van der Waals surface area contributed by atoms with Crippen LogP contribution in [0.15, 0.2) is 36.4 Å². The molecule has 1 saturated heterocycles. The second-order valence-corrected chi connectivity index (χ2v) is 7.36. The van der Waals surface area contributed by atoms with Gasteiger partial charge in [0, 0.05) is 12.5 Å². The average Bonchev–Trinajstić information content (AvgIpc) is 3.35. The largest absolute Gasteiger partial charge is 0.335 e. The maximum absolute atomic E-state index is 14.2. The van der Waals surface area contributed by atoms with Crippen LogP contribution in [0.3, 0.4) is 0 Å². The van der Waals surface area contributed by atoms with Gasteiger partial charge < -0.3 is 10.6 Å². The minimum atomic E-state index is -3.14. The molecule has 0 radical (unpaired) electrons. The molecule has 2 aromatic carbocycles. The Balaban J connectivity index is 1.63. The SMILES string of the molecule is NC1CN(C(=O)C2CC2c2ccc(F)cc2-c2c(F)cccc2F)CC1(F)F. The quantitative estimate of drug-likeness (QED) is 0.805. The zero-order valence-electron chi connectivity index (χ0n) is 14.6. The molecule has 1 amide bonds. The Labute approximate surface area is 157 Å². The summed E-state index contributed by atoms with van der Waals surface area (Å²) in [5, 5.41) is 0. The van der Waals surface area contributed by atoms with Crippen LogP contribution in [0.5, 0.6) is 0 Å². The Morgan fingerprint density at radius 1 is 1.11 bits per heavy atom. The molecule has 3 atom stereocenters. The number of carbonyl (C=O) groups is 1. The molecule has 28 heavy (non-hydrogen) atoms. The zero-order valence-corrected chi connectivity index (χ0v) is 14.6. The highest BCUT2D eigenvalue weighted by molar-refractivity contribution is 5.84. The maximum atomic E-state index is 14.2. The van der Waals surface area contributed by atoms with Gasteiger partial charge in [0.25, 0.3) is 5.92 Å². The van der Waals surface area contributed by atoms with Gasteiger partial charge in [0.1, 0.15) is 17.5 Å². The van der Waals surface area contributed by atoms with Crippen LogP contribution in [0.1, 0.15) is 17.9 Å². The number of likely N-dealkylation sites (tertiary alicyclic amines) is 1. The summed E-state index contributed by atoms with van der Waals surface area (Å²) in [6, 6.07) is 5.48. The van der Waals surface area contributed by atoms with Crippen molar-refractivity contribution in [3.05, 3.63) is 59.4 Å². The number of nitrogens with two attached hydrogens (primary N) is 1. The van der Waals surface area contributed by atoms with Crippen LogP contribution in [0, 0.1) is 23.4 Å². The Morgan fingerprint density at radius 2 is 1.79 bits per heavy atom. The molecular formula is C20H17F5N2O. The fourth-order valence-electron chi connectivity index (χ4n) is 3.84. The highest BCUT2D eigenvalue weighted by atomic mass is 19.3. The van der Waals surface area contributed by atoms with E-state index in [0.717, 1.165) is 29.2 Å². The van der Waals surface area contributed by atoms with Gasteiger partial charge >= 0.3 is 0 Å². The number of benzene rings is 2. The summed E-state index contributed by atoms with van der Waals surface area (Å²) in [6.07, 6.45) is 0.338. The molecule has 2 fully saturated rings. The molecule has 0 aromatic heterocycles. The van der Waals surface area contributed by atoms with Crippen molar-refractivity contribution in [2.75, 3.05) is 13.1 Å². The van der Waals surface area contributed by atoms with Gasteiger partial charge in [0.2, 0.25) is 5.91 Å². The molecule has 1 aliphatic carbocycles. The number of amides is 1. The first kappa shape index (κ1) is 18.9. The van der Waals surface area contributed by atoms with Crippen molar-refractivity contribution >= 4 is 5.91 Å². The van der Waals surface area contributed by atoms with Crippen molar-refractivity contribution in [3.8, 4) is 11.1 Å². The fraction of sp³-hybridized carbons (Fsp3) is 0.350. The smallest absolute Gasteiger partial charge is 0.281 e. The predicted molar refractivity (Wildman–Crippen MR) is 92.1 cm³/mol. The molecule has 4 rings (SSSR count). The molecule has 2 aromatic rings. The summed E-state index contributed by atoms with van der Waals surface area (Å²) in [4.78, 5) is 13.6. The van der Waals surface area contributed by atoms with Gasteiger partial charge in [-0.25, -0.2) is 22.0 Å². The first-order chi connectivity index (χ1) is 13.2. The monoisotopic (exact) mass is 396 g/mol. The van der Waals surface area contributed by atoms with Crippen LogP contribution in [-0.4, -0.2) is 35.9 Å². The van der Waals surface area contributed by atoms with E-state index in [0.29, 0.717) is 12.0 Å². The molecule has 0 spiro atoms. The van der Waals surface area contributed by atoms with E-state index in [-0.39, 0.29) is 17.7 Å². The minimum absolute atomic E-state index is 0.0272. The van der Waals surface area contributed by atoms with E-state index in [1.807, 2.05) is 0 Å². The molecule has 2 aliphatic rings. The Bertz CT molecular complexity index is 928. The van der Waals surface area contributed by atoms with Gasteiger partial charge in [-0.3, -0.25) is 4.79 Å². The van der Waals surface area contributed by atoms with Crippen LogP contribution in [-0.2, 0) is 4.79 Å². The highest BCUT2D eigenvalue weighted by Crippen LogP contribution is 2.52. The van der Waals surface area contributed by atoms with Crippen molar-refractivity contribution < 1.29 is 26.7 Å². The van der Waals surface area contributed by atoms with Crippen LogP contribution < -0.4 is 5.73 Å². The maximum Gasteiger partial charge on any atom is 0.281 e. The van der Waals surface area contributed by atoms with Crippen molar-refractivity contribution in [2.24, 2.45) is 11.7 Å². The first-order valence-corrected chi connectivity index (χ1v) is 8.85. The lowest BCUT2D eigenvalue weighted by Crippen LogP contribution is -2.38. The fourth-order valence-corrected chi connectivity index (χ4v) is 3.84. The van der Waals surface area contributed by atoms with Gasteiger partial charge in [-0.1, -0.05) is 12.1 Å². The highest BCUT2D eigenvalue weighted by Gasteiger charge is 2.53. The standard InChI is InChI=1S/C20H17F5N2O/c21-10-4-5-11(13(6-10)18-15(22)2-1-3-16(18)23)12-7-14(12)19(28)27-8-17(26)20(24,25)9-27/h1-6,12,14,17H,7-9,26H2. The topological polar surface area (TPSA) is 46.3 Å². The van der Waals surface area contributed by atoms with Crippen molar-refractivity contribution in [1.29, 1.82) is 0 Å². The predicted octanol–water partition coefficient (Wildman–Crippen LogP) is 3.68. The van der Waals surface area contributed by atoms with Crippen LogP contribution >= 0.6 is 0 Å². The number of hydrogen-bond donors (Lipinski definition) is 1. The van der Waals surface area contributed by atoms with Gasteiger partial charge in [0.15, 0.2) is 0 Å². The molecule has 3 unspecified atom stereocenters. The lowest BCUT2D eigenvalue weighted by atomic mass is 9.94. The van der Waals surface area contributed by atoms with Crippen molar-refractivity contribution in [2.45, 2.75) is 24.3 Å². The minimum Gasteiger partial charge on any atom is -0.335 e. The second-order valence-electron chi connectivity index (χ2n) is 7.36. The summed E-state index contributed by atoms with van der Waals surface area (Å²) in [7, 11) is 0. The van der Waals surface area contributed by atoms with Gasteiger partial charge in [-0.2, -0.15) is 0 Å². The van der Waals surface area contributed by atoms with Crippen molar-refractivity contribution in [3.63, 3.8) is 0 Å². The third kappa shape index (κ3) is 3.15. The summed E-state index contributed by atoms with van der Waals surface area (Å²) in [6.45, 7) is -0.984. The summed E-state index contributed by atoms with van der Waals surface area (Å²) in [5.41, 5.74) is 5.46. The Morgan fingerprint density at radius 3 is 2.39 bits per heavy atom. The molecular weight excluding hydrogens is 379 g/mol. The third-order valence-electron chi connectivity index (χ3n) is 5.43. The van der Waals surface area contributed by atoms with E-state index in [9.17, 15) is 26.7 Å². The van der Waals surface area contributed by atoms with Gasteiger partial charge in [-0.05, 0) is 47.7 Å². The summed E-state index contributed by atoms with van der Waals surface area (Å²) >= 11 is 0. The van der Waals surface area contributed by atoms with E-state index in [1.54, 1.807) is 0 Å². The molecule has 3 nitrogen and oxygen atoms in total. The number of hydrogen-bond acceptors (Lipinski definition) is 2. The van der Waals surface area contributed by atoms with E-state index in [1.165, 1.54) is 12.1 Å². The zero-order chi connectivity index (χ0) is 20.2. The Kier molecular flexibility index (Phi) is 4.41. The van der Waals surface area contributed by atoms with Gasteiger partial charge in [0.05, 0.1) is 18.2 Å². The molecule has 148 valence electrons. The number of nitrogens with zero attached hydrogens (tertiary/aromatic N) is 1. The number of alkyl halides is 2. The average molecular weight is 396 g/mol. The molecule has 1 saturated carbocycles. The number of carbonyl (C=O) groups excluding carboxylic acids is 1. The van der Waals surface area contributed by atoms with Crippen LogP contribution in [0.25, 0.3) is 11.1 Å². The number of rotatable bonds is 3. The number of halogens is 5. The molecule has 1 heterocycles. The molecule has 8 heteroatoms. The second kappa shape index (κ2) is 6.55. The lowest BCUT2D eigenvalue weighted by molar-refractivity contribution is -0.133. The summed E-state index contributed by atoms with van der Waals surface area (Å²) in [5.74, 6) is -7.00. The van der Waals surface area contributed by atoms with Gasteiger partial charge in [-0.15, -0.1) is 0 Å². The van der Waals surface area contributed by atoms with Crippen molar-refractivity contribution in [1.82, 2.24) is 4.90 Å². The van der Waals surface area contributed by atoms with E-state index in [2.05, 4.69) is 0 Å². The normalized spacial score (nSPS) is 25.8. The first-order valence-electron chi connectivity index (χ1n) is 8.85.